The van der Waals surface area contributed by atoms with E-state index in [2.05, 4.69) is 22.5 Å². The first-order valence-electron chi connectivity index (χ1n) is 3.70. The third kappa shape index (κ3) is 2.38. The monoisotopic (exact) mass is 226 g/mol. The zero-order valence-electron chi connectivity index (χ0n) is 7.01. The first kappa shape index (κ1) is 9.33. The highest BCUT2D eigenvalue weighted by Crippen LogP contribution is 2.14. The van der Waals surface area contributed by atoms with Crippen LogP contribution in [0, 0.1) is 0 Å². The summed E-state index contributed by atoms with van der Waals surface area (Å²) in [5, 5.41) is 0.802. The Balaban J connectivity index is 2.76. The Morgan fingerprint density at radius 2 is 2.50 bits per heavy atom. The highest BCUT2D eigenvalue weighted by Gasteiger charge is 1.96. The molecule has 0 aliphatic carbocycles. The van der Waals surface area contributed by atoms with Gasteiger partial charge in [0.05, 0.1) is 6.26 Å². The molecule has 1 nitrogen and oxygen atoms in total. The molecule has 0 saturated carbocycles. The second kappa shape index (κ2) is 4.31. The van der Waals surface area contributed by atoms with E-state index in [1.54, 1.807) is 6.26 Å². The predicted octanol–water partition coefficient (Wildman–Crippen LogP) is 3.63. The van der Waals surface area contributed by atoms with Gasteiger partial charge in [0, 0.05) is 5.33 Å². The fourth-order valence-electron chi connectivity index (χ4n) is 0.794. The van der Waals surface area contributed by atoms with Crippen molar-refractivity contribution in [1.82, 2.24) is 0 Å². The predicted molar refractivity (Wildman–Crippen MR) is 55.3 cm³/mol. The Morgan fingerprint density at radius 1 is 1.75 bits per heavy atom. The second-order valence-electron chi connectivity index (χ2n) is 2.58. The van der Waals surface area contributed by atoms with Gasteiger partial charge in [-0.05, 0) is 36.3 Å². The Labute approximate surface area is 80.9 Å². The van der Waals surface area contributed by atoms with E-state index in [4.69, 9.17) is 4.42 Å². The Morgan fingerprint density at radius 3 is 3.00 bits per heavy atom. The molecule has 0 bridgehead atoms. The van der Waals surface area contributed by atoms with E-state index in [0.717, 1.165) is 22.2 Å². The van der Waals surface area contributed by atoms with E-state index in [-0.39, 0.29) is 0 Å². The standard InChI is InChI=1S/C10H11BrO/c1-8(9(2)7-11)6-10-4-3-5-12-10/h3-6H,2,7H2,1H3/b8-6+. The SMILES string of the molecule is C=C(CBr)/C(C)=C/c1ccco1. The summed E-state index contributed by atoms with van der Waals surface area (Å²) in [4.78, 5) is 0. The largest absolute Gasteiger partial charge is 0.465 e. The van der Waals surface area contributed by atoms with Gasteiger partial charge in [0.25, 0.3) is 0 Å². The smallest absolute Gasteiger partial charge is 0.126 e. The molecular weight excluding hydrogens is 216 g/mol. The minimum absolute atomic E-state index is 0.802. The van der Waals surface area contributed by atoms with Crippen molar-refractivity contribution in [2.45, 2.75) is 6.92 Å². The van der Waals surface area contributed by atoms with Gasteiger partial charge in [-0.2, -0.15) is 0 Å². The van der Waals surface area contributed by atoms with Crippen molar-refractivity contribution in [2.75, 3.05) is 5.33 Å². The fraction of sp³-hybridized carbons (Fsp3) is 0.200. The highest BCUT2D eigenvalue weighted by atomic mass is 79.9. The van der Waals surface area contributed by atoms with E-state index in [1.807, 2.05) is 25.1 Å². The summed E-state index contributed by atoms with van der Waals surface area (Å²) in [5.74, 6) is 0.870. The molecular formula is C10H11BrO. The van der Waals surface area contributed by atoms with Gasteiger partial charge >= 0.3 is 0 Å². The molecule has 2 heteroatoms. The van der Waals surface area contributed by atoms with Crippen molar-refractivity contribution in [3.8, 4) is 0 Å². The van der Waals surface area contributed by atoms with Gasteiger partial charge in [-0.1, -0.05) is 22.5 Å². The van der Waals surface area contributed by atoms with Gasteiger partial charge in [0.2, 0.25) is 0 Å². The highest BCUT2D eigenvalue weighted by molar-refractivity contribution is 9.09. The van der Waals surface area contributed by atoms with Crippen LogP contribution in [0.25, 0.3) is 6.08 Å². The minimum Gasteiger partial charge on any atom is -0.465 e. The molecule has 1 aromatic heterocycles. The third-order valence-electron chi connectivity index (χ3n) is 1.62. The molecule has 64 valence electrons. The number of furan rings is 1. The van der Waals surface area contributed by atoms with Crippen LogP contribution in [0.15, 0.2) is 40.5 Å². The number of allylic oxidation sites excluding steroid dienone is 2. The molecule has 1 heterocycles. The molecule has 1 rings (SSSR count). The number of halogens is 1. The summed E-state index contributed by atoms with van der Waals surface area (Å²) in [6, 6.07) is 3.79. The van der Waals surface area contributed by atoms with E-state index in [9.17, 15) is 0 Å². The zero-order valence-corrected chi connectivity index (χ0v) is 8.60. The summed E-state index contributed by atoms with van der Waals surface area (Å²) < 4.78 is 5.17. The molecule has 0 aliphatic heterocycles. The van der Waals surface area contributed by atoms with Gasteiger partial charge in [-0.25, -0.2) is 0 Å². The molecule has 0 aliphatic rings. The quantitative estimate of drug-likeness (QED) is 0.567. The Hall–Kier alpha value is -0.760. The van der Waals surface area contributed by atoms with Crippen LogP contribution in [0.2, 0.25) is 0 Å². The Bertz CT molecular complexity index is 283. The normalized spacial score (nSPS) is 11.7. The van der Waals surface area contributed by atoms with Crippen LogP contribution in [0.5, 0.6) is 0 Å². The third-order valence-corrected chi connectivity index (χ3v) is 2.30. The van der Waals surface area contributed by atoms with Crippen molar-refractivity contribution < 1.29 is 4.42 Å². The summed E-state index contributed by atoms with van der Waals surface area (Å²) >= 11 is 3.35. The van der Waals surface area contributed by atoms with Crippen LogP contribution in [-0.2, 0) is 0 Å². The molecule has 0 unspecified atom stereocenters. The zero-order chi connectivity index (χ0) is 8.97. The van der Waals surface area contributed by atoms with E-state index < -0.39 is 0 Å². The van der Waals surface area contributed by atoms with E-state index in [1.165, 1.54) is 0 Å². The van der Waals surface area contributed by atoms with Crippen LogP contribution < -0.4 is 0 Å². The van der Waals surface area contributed by atoms with Gasteiger partial charge in [-0.15, -0.1) is 0 Å². The van der Waals surface area contributed by atoms with Gasteiger partial charge in [-0.3, -0.25) is 0 Å². The first-order valence-corrected chi connectivity index (χ1v) is 4.82. The van der Waals surface area contributed by atoms with Crippen molar-refractivity contribution >= 4 is 22.0 Å². The first-order chi connectivity index (χ1) is 5.74. The molecule has 0 fully saturated rings. The molecule has 0 atom stereocenters. The molecule has 0 spiro atoms. The number of hydrogen-bond acceptors (Lipinski definition) is 1. The van der Waals surface area contributed by atoms with Crippen LogP contribution in [0.3, 0.4) is 0 Å². The lowest BCUT2D eigenvalue weighted by Gasteiger charge is -1.99. The fourth-order valence-corrected chi connectivity index (χ4v) is 1.24. The number of alkyl halides is 1. The molecule has 0 saturated heterocycles. The average molecular weight is 227 g/mol. The number of hydrogen-bond donors (Lipinski definition) is 0. The molecule has 0 amide bonds. The van der Waals surface area contributed by atoms with E-state index in [0.29, 0.717) is 0 Å². The van der Waals surface area contributed by atoms with Crippen molar-refractivity contribution in [2.24, 2.45) is 0 Å². The van der Waals surface area contributed by atoms with E-state index >= 15 is 0 Å². The lowest BCUT2D eigenvalue weighted by molar-refractivity contribution is 0.556. The van der Waals surface area contributed by atoms with Crippen molar-refractivity contribution in [3.05, 3.63) is 41.9 Å². The lowest BCUT2D eigenvalue weighted by Crippen LogP contribution is -1.83. The maximum atomic E-state index is 5.17. The van der Waals surface area contributed by atoms with Gasteiger partial charge < -0.3 is 4.42 Å². The average Bonchev–Trinajstić information content (AvgIpc) is 2.55. The summed E-state index contributed by atoms with van der Waals surface area (Å²) in [6.45, 7) is 5.92. The molecule has 0 aromatic carbocycles. The summed E-state index contributed by atoms with van der Waals surface area (Å²) in [6.07, 6.45) is 3.64. The number of rotatable bonds is 3. The molecule has 12 heavy (non-hydrogen) atoms. The second-order valence-corrected chi connectivity index (χ2v) is 3.14. The maximum Gasteiger partial charge on any atom is 0.126 e. The maximum absolute atomic E-state index is 5.17. The minimum atomic E-state index is 0.802. The van der Waals surface area contributed by atoms with Gasteiger partial charge in [0.1, 0.15) is 5.76 Å². The summed E-state index contributed by atoms with van der Waals surface area (Å²) in [7, 11) is 0. The van der Waals surface area contributed by atoms with Crippen LogP contribution in [0.1, 0.15) is 12.7 Å². The lowest BCUT2D eigenvalue weighted by atomic mass is 10.1. The van der Waals surface area contributed by atoms with Crippen LogP contribution in [0.4, 0.5) is 0 Å². The molecule has 1 aromatic rings. The topological polar surface area (TPSA) is 13.1 Å². The van der Waals surface area contributed by atoms with Crippen LogP contribution >= 0.6 is 15.9 Å². The van der Waals surface area contributed by atoms with Crippen molar-refractivity contribution in [3.63, 3.8) is 0 Å². The molecule has 0 radical (unpaired) electrons. The van der Waals surface area contributed by atoms with Gasteiger partial charge in [0.15, 0.2) is 0 Å². The summed E-state index contributed by atoms with van der Waals surface area (Å²) in [5.41, 5.74) is 2.22. The van der Waals surface area contributed by atoms with Crippen LogP contribution in [-0.4, -0.2) is 5.33 Å². The van der Waals surface area contributed by atoms with Crippen molar-refractivity contribution in [1.29, 1.82) is 0 Å². The molecule has 0 N–H and O–H groups in total. The Kier molecular flexibility index (Phi) is 3.35.